The molecule has 0 atom stereocenters. The third kappa shape index (κ3) is 37.0. The predicted molar refractivity (Wildman–Crippen MR) is 149 cm³/mol. The quantitative estimate of drug-likeness (QED) is 0.0933. The first-order valence-corrected chi connectivity index (χ1v) is 14.3. The van der Waals surface area contributed by atoms with Crippen LogP contribution in [0.15, 0.2) is 0 Å². The maximum Gasteiger partial charge on any atom is 1.00 e. The van der Waals surface area contributed by atoms with Crippen LogP contribution >= 0.6 is 25.3 Å². The summed E-state index contributed by atoms with van der Waals surface area (Å²) in [6.45, 7) is 6.34. The van der Waals surface area contributed by atoms with E-state index in [1.54, 1.807) is 0 Å². The number of carbonyl (C=O) groups is 2. The van der Waals surface area contributed by atoms with E-state index >= 15 is 0 Å². The Morgan fingerprint density at radius 1 is 0.576 bits per heavy atom. The molecule has 0 aliphatic heterocycles. The number of primary amides is 1. The van der Waals surface area contributed by atoms with E-state index in [2.05, 4.69) is 44.8 Å². The van der Waals surface area contributed by atoms with E-state index < -0.39 is 5.24 Å². The smallest absolute Gasteiger partial charge is 1.00 e. The Morgan fingerprint density at radius 3 is 1.00 bits per heavy atom. The van der Waals surface area contributed by atoms with Crippen molar-refractivity contribution in [1.82, 2.24) is 4.90 Å². The second kappa shape index (κ2) is 32.2. The number of thiol groups is 2. The largest absolute Gasteiger partial charge is 1.00 e. The molecule has 0 aromatic heterocycles. The molecule has 0 spiro atoms. The van der Waals surface area contributed by atoms with E-state index in [9.17, 15) is 4.79 Å². The van der Waals surface area contributed by atoms with E-state index in [1.807, 2.05) is 4.90 Å². The van der Waals surface area contributed by atoms with Gasteiger partial charge < -0.3 is 12.1 Å². The third-order valence-corrected chi connectivity index (χ3v) is 6.12. The summed E-state index contributed by atoms with van der Waals surface area (Å²) in [5.41, 5.74) is 4.34. The Morgan fingerprint density at radius 2 is 0.788 bits per heavy atom. The Hall–Kier alpha value is 0.237. The molecule has 33 heavy (non-hydrogen) atoms. The van der Waals surface area contributed by atoms with Crippen molar-refractivity contribution in [2.75, 3.05) is 13.1 Å². The van der Waals surface area contributed by atoms with Crippen LogP contribution in [0.1, 0.15) is 144 Å². The molecule has 0 bridgehead atoms. The molecule has 0 heterocycles. The van der Waals surface area contributed by atoms with Crippen molar-refractivity contribution in [2.45, 2.75) is 142 Å². The van der Waals surface area contributed by atoms with Crippen LogP contribution in [0, 0.1) is 0 Å². The fourth-order valence-corrected chi connectivity index (χ4v) is 4.08. The van der Waals surface area contributed by atoms with E-state index in [0.29, 0.717) is 0 Å². The standard InChI is InChI=1S/C25H51NOS.CH3NOS.Li.H/c1-3-5-7-9-11-13-15-17-19-21-23-26(25(27)28)24-22-20-18-16-14-12-10-8-6-4-2;2-1(3)4;;/h3-24H2,1-2H3,(H,27,28);(H3,2,3,4);;/q;;+1;-1. The molecule has 0 saturated heterocycles. The molecule has 194 valence electrons. The minimum absolute atomic E-state index is 0. The average Bonchev–Trinajstić information content (AvgIpc) is 2.74. The van der Waals surface area contributed by atoms with Crippen molar-refractivity contribution in [1.29, 1.82) is 0 Å². The average molecular weight is 499 g/mol. The van der Waals surface area contributed by atoms with E-state index in [1.165, 1.54) is 116 Å². The molecule has 2 amide bonds. The van der Waals surface area contributed by atoms with Crippen LogP contribution in [-0.4, -0.2) is 28.5 Å². The van der Waals surface area contributed by atoms with Gasteiger partial charge in [0.1, 0.15) is 0 Å². The molecular weight excluding hydrogens is 443 g/mol. The van der Waals surface area contributed by atoms with Gasteiger partial charge in [0.2, 0.25) is 0 Å². The zero-order valence-corrected chi connectivity index (χ0v) is 24.1. The molecule has 0 aliphatic carbocycles. The summed E-state index contributed by atoms with van der Waals surface area (Å²) < 4.78 is 0. The van der Waals surface area contributed by atoms with Crippen molar-refractivity contribution in [3.8, 4) is 0 Å². The monoisotopic (exact) mass is 498 g/mol. The first kappa shape index (κ1) is 37.8. The number of nitrogens with two attached hydrogens (primary N) is 1. The summed E-state index contributed by atoms with van der Waals surface area (Å²) >= 11 is 7.18. The predicted octanol–water partition coefficient (Wildman–Crippen LogP) is 6.29. The van der Waals surface area contributed by atoms with Crippen molar-refractivity contribution in [3.63, 3.8) is 0 Å². The Labute approximate surface area is 230 Å². The van der Waals surface area contributed by atoms with Gasteiger partial charge in [-0.1, -0.05) is 155 Å². The van der Waals surface area contributed by atoms with Crippen LogP contribution in [0.5, 0.6) is 0 Å². The summed E-state index contributed by atoms with van der Waals surface area (Å²) in [7, 11) is 0. The number of rotatable bonds is 22. The molecule has 0 rings (SSSR count). The van der Waals surface area contributed by atoms with Gasteiger partial charge in [-0.05, 0) is 12.8 Å². The Kier molecular flexibility index (Phi) is 36.9. The second-order valence-electron chi connectivity index (χ2n) is 8.97. The normalized spacial score (nSPS) is 10.2. The summed E-state index contributed by atoms with van der Waals surface area (Å²) in [4.78, 5) is 22.8. The van der Waals surface area contributed by atoms with Crippen LogP contribution in [0.25, 0.3) is 0 Å². The van der Waals surface area contributed by atoms with Gasteiger partial charge in [-0.2, -0.15) is 0 Å². The van der Waals surface area contributed by atoms with Crippen molar-refractivity contribution in [2.24, 2.45) is 5.73 Å². The summed E-state index contributed by atoms with van der Waals surface area (Å²) in [5, 5.41) is -0.674. The Bertz CT molecular complexity index is 394. The number of unbranched alkanes of at least 4 members (excludes halogenated alkanes) is 18. The van der Waals surface area contributed by atoms with Crippen molar-refractivity contribution < 1.29 is 29.9 Å². The van der Waals surface area contributed by atoms with Gasteiger partial charge in [-0.25, -0.2) is 0 Å². The zero-order chi connectivity index (χ0) is 24.3. The Balaban J connectivity index is -0.000000690. The summed E-state index contributed by atoms with van der Waals surface area (Å²) in [5.74, 6) is 0. The van der Waals surface area contributed by atoms with Gasteiger partial charge in [0.15, 0.2) is 0 Å². The van der Waals surface area contributed by atoms with E-state index in [0.717, 1.165) is 25.9 Å². The van der Waals surface area contributed by atoms with Crippen LogP contribution in [0.2, 0.25) is 0 Å². The topological polar surface area (TPSA) is 63.4 Å². The summed E-state index contributed by atoms with van der Waals surface area (Å²) in [6, 6.07) is 0. The molecule has 0 aromatic carbocycles. The number of hydrogen-bond acceptors (Lipinski definition) is 2. The van der Waals surface area contributed by atoms with Gasteiger partial charge in [-0.15, -0.1) is 0 Å². The molecular formula is C26H55LiN2O2S2. The minimum Gasteiger partial charge on any atom is -1.00 e. The molecule has 0 unspecified atom stereocenters. The molecule has 0 radical (unpaired) electrons. The molecule has 0 aliphatic rings. The van der Waals surface area contributed by atoms with Gasteiger partial charge in [0.25, 0.3) is 10.5 Å². The first-order chi connectivity index (χ1) is 15.5. The maximum absolute atomic E-state index is 11.7. The third-order valence-electron chi connectivity index (χ3n) is 5.83. The molecule has 7 heteroatoms. The van der Waals surface area contributed by atoms with E-state index in [-0.39, 0.29) is 25.5 Å². The minimum atomic E-state index is -0.639. The van der Waals surface area contributed by atoms with Gasteiger partial charge in [0.05, 0.1) is 0 Å². The van der Waals surface area contributed by atoms with Crippen LogP contribution in [0.4, 0.5) is 9.59 Å². The number of nitrogens with zero attached hydrogens (tertiary/aromatic N) is 1. The number of carbonyl (C=O) groups excluding carboxylic acids is 2. The molecule has 2 N–H and O–H groups in total. The van der Waals surface area contributed by atoms with Crippen molar-refractivity contribution in [3.05, 3.63) is 0 Å². The molecule has 0 fully saturated rings. The number of amides is 2. The molecule has 4 nitrogen and oxygen atoms in total. The van der Waals surface area contributed by atoms with Gasteiger partial charge >= 0.3 is 18.9 Å². The van der Waals surface area contributed by atoms with Crippen LogP contribution in [-0.2, 0) is 0 Å². The fraction of sp³-hybridized carbons (Fsp3) is 0.923. The van der Waals surface area contributed by atoms with Gasteiger partial charge in [0, 0.05) is 13.1 Å². The molecule has 0 aromatic rings. The summed E-state index contributed by atoms with van der Waals surface area (Å²) in [6.07, 6.45) is 26.8. The fourth-order valence-electron chi connectivity index (χ4n) is 3.88. The zero-order valence-electron chi connectivity index (χ0n) is 23.3. The SMILES string of the molecule is CCCCCCCCCCCCN(CCCCCCCCCCCC)C(=O)S.NC(=O)S.[H-].[Li+]. The van der Waals surface area contributed by atoms with Gasteiger partial charge in [-0.3, -0.25) is 9.59 Å². The molecule has 0 saturated carbocycles. The second-order valence-corrected chi connectivity index (χ2v) is 9.80. The van der Waals surface area contributed by atoms with Crippen molar-refractivity contribution >= 4 is 35.7 Å². The van der Waals surface area contributed by atoms with E-state index in [4.69, 9.17) is 4.79 Å². The number of hydrogen-bond donors (Lipinski definition) is 3. The maximum atomic E-state index is 11.7. The van der Waals surface area contributed by atoms with Crippen LogP contribution in [0.3, 0.4) is 0 Å². The first-order valence-electron chi connectivity index (χ1n) is 13.4. The van der Waals surface area contributed by atoms with Crippen LogP contribution < -0.4 is 24.6 Å².